The molecule has 0 aromatic heterocycles. The van der Waals surface area contributed by atoms with Crippen molar-refractivity contribution in [3.8, 4) is 0 Å². The lowest BCUT2D eigenvalue weighted by Crippen LogP contribution is -2.40. The highest BCUT2D eigenvalue weighted by Crippen LogP contribution is 2.14. The topological polar surface area (TPSA) is 55.8 Å². The van der Waals surface area contributed by atoms with Crippen molar-refractivity contribution in [2.75, 3.05) is 14.1 Å². The van der Waals surface area contributed by atoms with Crippen LogP contribution in [0.1, 0.15) is 39.2 Å². The second-order valence-corrected chi connectivity index (χ2v) is 6.70. The maximum absolute atomic E-state index is 12.2. The molecular formula is C18H27NO4. The highest BCUT2D eigenvalue weighted by Gasteiger charge is 2.27. The third kappa shape index (κ3) is 7.79. The lowest BCUT2D eigenvalue weighted by Gasteiger charge is -2.27. The molecule has 1 rings (SSSR count). The first-order valence-electron chi connectivity index (χ1n) is 7.78. The summed E-state index contributed by atoms with van der Waals surface area (Å²) in [5.74, 6) is -0.636. The minimum atomic E-state index is -0.542. The molecule has 5 heteroatoms. The van der Waals surface area contributed by atoms with E-state index in [2.05, 4.69) is 0 Å². The summed E-state index contributed by atoms with van der Waals surface area (Å²) >= 11 is 0. The van der Waals surface area contributed by atoms with Gasteiger partial charge in [0.25, 0.3) is 0 Å². The molecule has 0 bridgehead atoms. The molecule has 1 aromatic rings. The Morgan fingerprint density at radius 1 is 1.13 bits per heavy atom. The van der Waals surface area contributed by atoms with Crippen molar-refractivity contribution >= 4 is 11.9 Å². The minimum absolute atomic E-state index is 0.176. The van der Waals surface area contributed by atoms with Crippen molar-refractivity contribution in [2.45, 2.75) is 51.9 Å². The molecule has 5 nitrogen and oxygen atoms in total. The van der Waals surface area contributed by atoms with Crippen molar-refractivity contribution in [3.63, 3.8) is 0 Å². The first-order valence-corrected chi connectivity index (χ1v) is 7.78. The molecule has 1 aromatic carbocycles. The molecule has 0 amide bonds. The molecule has 0 aliphatic carbocycles. The van der Waals surface area contributed by atoms with Gasteiger partial charge in [0.05, 0.1) is 0 Å². The zero-order chi connectivity index (χ0) is 17.5. The van der Waals surface area contributed by atoms with Crippen molar-refractivity contribution < 1.29 is 19.1 Å². The van der Waals surface area contributed by atoms with Gasteiger partial charge in [0.2, 0.25) is 0 Å². The summed E-state index contributed by atoms with van der Waals surface area (Å²) in [4.78, 5) is 25.8. The van der Waals surface area contributed by atoms with Gasteiger partial charge in [0.15, 0.2) is 0 Å². The lowest BCUT2D eigenvalue weighted by molar-refractivity contribution is -0.161. The van der Waals surface area contributed by atoms with Crippen LogP contribution in [0, 0.1) is 0 Å². The van der Waals surface area contributed by atoms with E-state index in [1.807, 2.05) is 51.1 Å². The normalized spacial score (nSPS) is 12.8. The molecule has 0 unspecified atom stereocenters. The van der Waals surface area contributed by atoms with E-state index in [-0.39, 0.29) is 25.0 Å². The molecule has 0 aliphatic heterocycles. The number of ether oxygens (including phenoxy) is 2. The third-order valence-corrected chi connectivity index (χ3v) is 3.17. The summed E-state index contributed by atoms with van der Waals surface area (Å²) in [5.41, 5.74) is 0.399. The van der Waals surface area contributed by atoms with Gasteiger partial charge in [-0.2, -0.15) is 0 Å². The number of likely N-dealkylation sites (N-methyl/N-ethyl adjacent to an activating group) is 1. The number of carbonyl (C=O) groups excluding carboxylic acids is 2. The van der Waals surface area contributed by atoms with E-state index in [1.54, 1.807) is 19.0 Å². The molecule has 128 valence electrons. The minimum Gasteiger partial charge on any atom is -0.461 e. The summed E-state index contributed by atoms with van der Waals surface area (Å²) in [6.07, 6.45) is 0.546. The summed E-state index contributed by atoms with van der Waals surface area (Å²) in [7, 11) is 3.59. The number of carbonyl (C=O) groups is 2. The van der Waals surface area contributed by atoms with Gasteiger partial charge >= 0.3 is 11.9 Å². The zero-order valence-corrected chi connectivity index (χ0v) is 14.7. The second-order valence-electron chi connectivity index (χ2n) is 6.70. The van der Waals surface area contributed by atoms with Crippen LogP contribution < -0.4 is 0 Å². The molecule has 0 saturated carbocycles. The summed E-state index contributed by atoms with van der Waals surface area (Å²) in [5, 5.41) is 0. The summed E-state index contributed by atoms with van der Waals surface area (Å²) in [6, 6.07) is 9.04. The zero-order valence-electron chi connectivity index (χ0n) is 14.7. The van der Waals surface area contributed by atoms with Gasteiger partial charge in [0.1, 0.15) is 18.2 Å². The Kier molecular flexibility index (Phi) is 7.23. The third-order valence-electron chi connectivity index (χ3n) is 3.17. The molecule has 0 saturated heterocycles. The maximum Gasteiger partial charge on any atom is 0.323 e. The molecule has 0 fully saturated rings. The van der Waals surface area contributed by atoms with Gasteiger partial charge in [0, 0.05) is 6.42 Å². The smallest absolute Gasteiger partial charge is 0.323 e. The molecule has 0 N–H and O–H groups in total. The molecule has 0 spiro atoms. The van der Waals surface area contributed by atoms with Gasteiger partial charge < -0.3 is 9.47 Å². The summed E-state index contributed by atoms with van der Waals surface area (Å²) in [6.45, 7) is 5.72. The predicted octanol–water partition coefficient (Wildman–Crippen LogP) is 2.78. The van der Waals surface area contributed by atoms with Gasteiger partial charge in [-0.05, 0) is 46.9 Å². The van der Waals surface area contributed by atoms with Crippen LogP contribution in [0.3, 0.4) is 0 Å². The van der Waals surface area contributed by atoms with Gasteiger partial charge in [-0.15, -0.1) is 0 Å². The fraction of sp³-hybridized carbons (Fsp3) is 0.556. The number of hydrogen-bond acceptors (Lipinski definition) is 5. The largest absolute Gasteiger partial charge is 0.461 e. The standard InChI is InChI=1S/C18H27NO4/c1-18(2,3)23-17(21)15(19(4)5)11-12-16(20)22-13-14-9-7-6-8-10-14/h6-10,15H,11-13H2,1-5H3/t15-/m0/s1. The van der Waals surface area contributed by atoms with E-state index < -0.39 is 11.6 Å². The fourth-order valence-corrected chi connectivity index (χ4v) is 2.02. The van der Waals surface area contributed by atoms with Crippen LogP contribution in [0.5, 0.6) is 0 Å². The Balaban J connectivity index is 2.45. The van der Waals surface area contributed by atoms with Gasteiger partial charge in [-0.25, -0.2) is 0 Å². The molecular weight excluding hydrogens is 294 g/mol. The second kappa shape index (κ2) is 8.67. The van der Waals surface area contributed by atoms with E-state index in [0.717, 1.165) is 5.56 Å². The molecule has 0 aliphatic rings. The number of esters is 2. The number of benzene rings is 1. The Morgan fingerprint density at radius 3 is 2.26 bits per heavy atom. The fourth-order valence-electron chi connectivity index (χ4n) is 2.02. The van der Waals surface area contributed by atoms with Crippen molar-refractivity contribution in [1.82, 2.24) is 4.90 Å². The lowest BCUT2D eigenvalue weighted by atomic mass is 10.1. The number of hydrogen-bond donors (Lipinski definition) is 0. The molecule has 0 heterocycles. The van der Waals surface area contributed by atoms with Crippen LogP contribution in [-0.2, 0) is 25.7 Å². The Hall–Kier alpha value is -1.88. The first kappa shape index (κ1) is 19.2. The Labute approximate surface area is 138 Å². The van der Waals surface area contributed by atoms with E-state index in [4.69, 9.17) is 9.47 Å². The van der Waals surface area contributed by atoms with Crippen molar-refractivity contribution in [3.05, 3.63) is 35.9 Å². The molecule has 1 atom stereocenters. The van der Waals surface area contributed by atoms with Crippen LogP contribution in [0.4, 0.5) is 0 Å². The maximum atomic E-state index is 12.2. The van der Waals surface area contributed by atoms with Crippen LogP contribution in [0.15, 0.2) is 30.3 Å². The van der Waals surface area contributed by atoms with Crippen molar-refractivity contribution in [1.29, 1.82) is 0 Å². The van der Waals surface area contributed by atoms with Crippen molar-refractivity contribution in [2.24, 2.45) is 0 Å². The van der Waals surface area contributed by atoms with Crippen LogP contribution in [0.2, 0.25) is 0 Å². The highest BCUT2D eigenvalue weighted by atomic mass is 16.6. The monoisotopic (exact) mass is 321 g/mol. The average Bonchev–Trinajstić information content (AvgIpc) is 2.44. The van der Waals surface area contributed by atoms with Crippen LogP contribution in [-0.4, -0.2) is 42.6 Å². The van der Waals surface area contributed by atoms with E-state index >= 15 is 0 Å². The van der Waals surface area contributed by atoms with Crippen LogP contribution in [0.25, 0.3) is 0 Å². The number of rotatable bonds is 7. The SMILES string of the molecule is CN(C)[C@@H](CCC(=O)OCc1ccccc1)C(=O)OC(C)(C)C. The first-order chi connectivity index (χ1) is 10.7. The molecule has 0 radical (unpaired) electrons. The van der Waals surface area contributed by atoms with Gasteiger partial charge in [-0.1, -0.05) is 30.3 Å². The summed E-state index contributed by atoms with van der Waals surface area (Å²) < 4.78 is 10.6. The van der Waals surface area contributed by atoms with Crippen LogP contribution >= 0.6 is 0 Å². The predicted molar refractivity (Wildman–Crippen MR) is 88.8 cm³/mol. The van der Waals surface area contributed by atoms with E-state index in [0.29, 0.717) is 6.42 Å². The quantitative estimate of drug-likeness (QED) is 0.723. The Morgan fingerprint density at radius 2 is 1.74 bits per heavy atom. The average molecular weight is 321 g/mol. The Bertz CT molecular complexity index is 506. The molecule has 23 heavy (non-hydrogen) atoms. The highest BCUT2D eigenvalue weighted by molar-refractivity contribution is 5.77. The number of nitrogens with zero attached hydrogens (tertiary/aromatic N) is 1. The van der Waals surface area contributed by atoms with E-state index in [1.165, 1.54) is 0 Å². The van der Waals surface area contributed by atoms with E-state index in [9.17, 15) is 9.59 Å². The van der Waals surface area contributed by atoms with Gasteiger partial charge in [-0.3, -0.25) is 14.5 Å².